The lowest BCUT2D eigenvalue weighted by atomic mass is 10.1. The van der Waals surface area contributed by atoms with Crippen LogP contribution in [0.2, 0.25) is 0 Å². The average molecular weight is 203 g/mol. The highest BCUT2D eigenvalue weighted by Gasteiger charge is 2.19. The molecule has 80 valence electrons. The van der Waals surface area contributed by atoms with Gasteiger partial charge in [-0.15, -0.1) is 0 Å². The van der Waals surface area contributed by atoms with Crippen LogP contribution in [0.1, 0.15) is 26.3 Å². The first kappa shape index (κ1) is 11.6. The minimum atomic E-state index is -0.177. The van der Waals surface area contributed by atoms with E-state index in [1.54, 1.807) is 5.06 Å². The van der Waals surface area contributed by atoms with Gasteiger partial charge in [-0.3, -0.25) is 4.84 Å². The molecule has 0 unspecified atom stereocenters. The van der Waals surface area contributed by atoms with E-state index in [1.165, 1.54) is 0 Å². The molecule has 2 heteroatoms. The molecule has 0 spiro atoms. The first-order valence-electron chi connectivity index (χ1n) is 4.97. The molecule has 0 aliphatic rings. The molecule has 0 aromatic heterocycles. The first-order valence-corrected chi connectivity index (χ1v) is 4.97. The second-order valence-electron chi connectivity index (χ2n) is 4.35. The number of benzene rings is 1. The fourth-order valence-corrected chi connectivity index (χ4v) is 1.14. The van der Waals surface area contributed by atoms with Crippen molar-refractivity contribution >= 4 is 0 Å². The summed E-state index contributed by atoms with van der Waals surface area (Å²) >= 11 is 0. The van der Waals surface area contributed by atoms with Crippen LogP contribution in [0.25, 0.3) is 0 Å². The normalized spacial score (nSPS) is 10.8. The van der Waals surface area contributed by atoms with Crippen molar-refractivity contribution in [3.63, 3.8) is 0 Å². The summed E-state index contributed by atoms with van der Waals surface area (Å²) in [5, 5.41) is 1.54. The van der Waals surface area contributed by atoms with Gasteiger partial charge in [-0.2, -0.15) is 0 Å². The van der Waals surface area contributed by atoms with E-state index in [0.717, 1.165) is 5.56 Å². The summed E-state index contributed by atoms with van der Waals surface area (Å²) in [4.78, 5) is 5.54. The predicted molar refractivity (Wildman–Crippen MR) is 61.7 cm³/mol. The molecule has 0 aliphatic carbocycles. The van der Waals surface area contributed by atoms with Crippen LogP contribution in [0.4, 0.5) is 0 Å². The minimum Gasteiger partial charge on any atom is -0.260 e. The maximum Gasteiger partial charge on any atom is 0.101 e. The van der Waals surface area contributed by atoms with Crippen molar-refractivity contribution in [1.82, 2.24) is 5.06 Å². The zero-order chi connectivity index (χ0) is 11.3. The Morgan fingerprint density at radius 3 is 2.33 bits per heavy atom. The van der Waals surface area contributed by atoms with E-state index in [-0.39, 0.29) is 5.54 Å². The summed E-state index contributed by atoms with van der Waals surface area (Å²) in [5.74, 6) is 0. The molecule has 0 saturated heterocycles. The van der Waals surface area contributed by atoms with Gasteiger partial charge in [0.15, 0.2) is 0 Å². The summed E-state index contributed by atoms with van der Waals surface area (Å²) in [6.45, 7) is 6.54. The lowest BCUT2D eigenvalue weighted by Gasteiger charge is -2.30. The SMILES string of the molecule is C#CN(OCc1ccccc1)C(C)(C)C. The maximum atomic E-state index is 5.54. The molecule has 2 nitrogen and oxygen atoms in total. The highest BCUT2D eigenvalue weighted by molar-refractivity contribution is 5.13. The van der Waals surface area contributed by atoms with Crippen molar-refractivity contribution in [2.45, 2.75) is 32.9 Å². The molecule has 1 rings (SSSR count). The molecule has 0 bridgehead atoms. The zero-order valence-electron chi connectivity index (χ0n) is 9.53. The number of hydrogen-bond acceptors (Lipinski definition) is 2. The highest BCUT2D eigenvalue weighted by atomic mass is 16.7. The second-order valence-corrected chi connectivity index (χ2v) is 4.35. The van der Waals surface area contributed by atoms with E-state index in [9.17, 15) is 0 Å². The molecule has 1 aromatic rings. The van der Waals surface area contributed by atoms with Crippen LogP contribution in [-0.4, -0.2) is 10.6 Å². The zero-order valence-corrected chi connectivity index (χ0v) is 9.53. The van der Waals surface area contributed by atoms with Crippen LogP contribution in [0.15, 0.2) is 30.3 Å². The Morgan fingerprint density at radius 2 is 1.87 bits per heavy atom. The van der Waals surface area contributed by atoms with Gasteiger partial charge >= 0.3 is 0 Å². The average Bonchev–Trinajstić information content (AvgIpc) is 2.18. The van der Waals surface area contributed by atoms with Crippen molar-refractivity contribution in [2.75, 3.05) is 0 Å². The van der Waals surface area contributed by atoms with Crippen molar-refractivity contribution in [3.05, 3.63) is 35.9 Å². The number of rotatable bonds is 3. The van der Waals surface area contributed by atoms with E-state index in [2.05, 4.69) is 6.04 Å². The summed E-state index contributed by atoms with van der Waals surface area (Å²) in [5.41, 5.74) is 0.936. The monoisotopic (exact) mass is 203 g/mol. The third-order valence-corrected chi connectivity index (χ3v) is 1.93. The highest BCUT2D eigenvalue weighted by Crippen LogP contribution is 2.14. The van der Waals surface area contributed by atoms with Crippen molar-refractivity contribution in [3.8, 4) is 12.5 Å². The third kappa shape index (κ3) is 3.65. The third-order valence-electron chi connectivity index (χ3n) is 1.93. The Morgan fingerprint density at radius 1 is 1.27 bits per heavy atom. The first-order chi connectivity index (χ1) is 7.04. The molecule has 0 N–H and O–H groups in total. The Bertz CT molecular complexity index is 332. The van der Waals surface area contributed by atoms with Gasteiger partial charge < -0.3 is 0 Å². The van der Waals surface area contributed by atoms with Crippen LogP contribution in [-0.2, 0) is 11.4 Å². The number of terminal acetylenes is 1. The molecule has 0 heterocycles. The van der Waals surface area contributed by atoms with Crippen molar-refractivity contribution < 1.29 is 4.84 Å². The quantitative estimate of drug-likeness (QED) is 0.425. The van der Waals surface area contributed by atoms with Gasteiger partial charge in [0.1, 0.15) is 6.61 Å². The number of nitrogens with zero attached hydrogens (tertiary/aromatic N) is 1. The molecule has 0 amide bonds. The van der Waals surface area contributed by atoms with Gasteiger partial charge in [0.25, 0.3) is 0 Å². The largest absolute Gasteiger partial charge is 0.260 e. The minimum absolute atomic E-state index is 0.177. The lowest BCUT2D eigenvalue weighted by Crippen LogP contribution is -2.37. The Labute approximate surface area is 91.8 Å². The second kappa shape index (κ2) is 4.86. The van der Waals surface area contributed by atoms with Crippen LogP contribution in [0.5, 0.6) is 0 Å². The fourth-order valence-electron chi connectivity index (χ4n) is 1.14. The Balaban J connectivity index is 2.54. The standard InChI is InChI=1S/C13H17NO/c1-5-14(13(2,3)4)15-11-12-9-7-6-8-10-12/h1,6-10H,11H2,2-4H3. The summed E-state index contributed by atoms with van der Waals surface area (Å²) in [6.07, 6.45) is 5.37. The van der Waals surface area contributed by atoms with Crippen LogP contribution >= 0.6 is 0 Å². The molecule has 0 atom stereocenters. The molecule has 0 fully saturated rings. The van der Waals surface area contributed by atoms with Crippen molar-refractivity contribution in [2.24, 2.45) is 0 Å². The summed E-state index contributed by atoms with van der Waals surface area (Å²) < 4.78 is 0. The number of hydrogen-bond donors (Lipinski definition) is 0. The van der Waals surface area contributed by atoms with Gasteiger partial charge in [-0.05, 0) is 26.3 Å². The molecule has 0 saturated carbocycles. The van der Waals surface area contributed by atoms with E-state index >= 15 is 0 Å². The van der Waals surface area contributed by atoms with E-state index < -0.39 is 0 Å². The predicted octanol–water partition coefficient (Wildman–Crippen LogP) is 2.81. The summed E-state index contributed by atoms with van der Waals surface area (Å²) in [6, 6.07) is 12.5. The van der Waals surface area contributed by atoms with Gasteiger partial charge in [0, 0.05) is 6.04 Å². The van der Waals surface area contributed by atoms with Crippen LogP contribution < -0.4 is 0 Å². The van der Waals surface area contributed by atoms with E-state index in [1.807, 2.05) is 51.1 Å². The topological polar surface area (TPSA) is 12.5 Å². The van der Waals surface area contributed by atoms with Crippen LogP contribution in [0.3, 0.4) is 0 Å². The van der Waals surface area contributed by atoms with Gasteiger partial charge in [-0.25, -0.2) is 5.06 Å². The molecule has 15 heavy (non-hydrogen) atoms. The van der Waals surface area contributed by atoms with Crippen molar-refractivity contribution in [1.29, 1.82) is 0 Å². The van der Waals surface area contributed by atoms with Gasteiger partial charge in [0.05, 0.1) is 5.54 Å². The number of hydroxylamine groups is 2. The fraction of sp³-hybridized carbons (Fsp3) is 0.385. The van der Waals surface area contributed by atoms with E-state index in [4.69, 9.17) is 11.3 Å². The Kier molecular flexibility index (Phi) is 3.76. The lowest BCUT2D eigenvalue weighted by molar-refractivity contribution is -0.172. The molecule has 0 radical (unpaired) electrons. The molecule has 0 aliphatic heterocycles. The van der Waals surface area contributed by atoms with E-state index in [0.29, 0.717) is 6.61 Å². The Hall–Kier alpha value is -1.46. The smallest absolute Gasteiger partial charge is 0.101 e. The summed E-state index contributed by atoms with van der Waals surface area (Å²) in [7, 11) is 0. The van der Waals surface area contributed by atoms with Gasteiger partial charge in [-0.1, -0.05) is 36.8 Å². The molecular formula is C13H17NO. The molecular weight excluding hydrogens is 186 g/mol. The maximum absolute atomic E-state index is 5.54. The van der Waals surface area contributed by atoms with Crippen LogP contribution in [0, 0.1) is 12.5 Å². The van der Waals surface area contributed by atoms with Gasteiger partial charge in [0.2, 0.25) is 0 Å². The molecule has 1 aromatic carbocycles.